The van der Waals surface area contributed by atoms with E-state index in [0.29, 0.717) is 18.9 Å². The molecule has 3 aromatic rings. The van der Waals surface area contributed by atoms with Gasteiger partial charge in [-0.3, -0.25) is 14.2 Å². The lowest BCUT2D eigenvalue weighted by molar-refractivity contribution is -0.133. The molecule has 1 amide bonds. The standard InChI is InChI=1S/C25H29N7O/c1-15(2)32-14-23-20(12-30(3)28-23)22-11-18-17(8-9-21(18)26-27-22)19-13-31(10-4-5-24(32)33)29-25(19)16-6-7-16/h8,11-13,15-16H,4-7,9-10,14H2,1-3H3. The Balaban J connectivity index is 1.51. The summed E-state index contributed by atoms with van der Waals surface area (Å²) in [6.07, 6.45) is 10.9. The summed E-state index contributed by atoms with van der Waals surface area (Å²) in [4.78, 5) is 15.1. The lowest BCUT2D eigenvalue weighted by atomic mass is 9.99. The van der Waals surface area contributed by atoms with E-state index in [1.165, 1.54) is 29.7 Å². The third-order valence-corrected chi connectivity index (χ3v) is 6.93. The van der Waals surface area contributed by atoms with Crippen LogP contribution in [0.1, 0.15) is 73.7 Å². The van der Waals surface area contributed by atoms with Gasteiger partial charge in [-0.2, -0.15) is 20.4 Å². The summed E-state index contributed by atoms with van der Waals surface area (Å²) in [6, 6.07) is 2.23. The maximum atomic E-state index is 13.2. The molecule has 0 saturated heterocycles. The quantitative estimate of drug-likeness (QED) is 0.606. The van der Waals surface area contributed by atoms with Crippen LogP contribution in [0, 0.1) is 0 Å². The molecule has 3 aliphatic rings. The Morgan fingerprint density at radius 1 is 1.03 bits per heavy atom. The van der Waals surface area contributed by atoms with E-state index in [4.69, 9.17) is 10.2 Å². The first-order valence-corrected chi connectivity index (χ1v) is 11.9. The molecule has 2 aliphatic carbocycles. The van der Waals surface area contributed by atoms with Crippen LogP contribution in [0.15, 0.2) is 24.5 Å². The third-order valence-electron chi connectivity index (χ3n) is 6.93. The molecule has 0 unspecified atom stereocenters. The average molecular weight is 444 g/mol. The van der Waals surface area contributed by atoms with Gasteiger partial charge >= 0.3 is 0 Å². The highest BCUT2D eigenvalue weighted by Gasteiger charge is 2.32. The van der Waals surface area contributed by atoms with Gasteiger partial charge in [-0.25, -0.2) is 0 Å². The number of amides is 1. The Bertz CT molecular complexity index is 1280. The Kier molecular flexibility index (Phi) is 4.71. The molecule has 6 rings (SSSR count). The molecule has 1 aliphatic heterocycles. The average Bonchev–Trinajstić information content (AvgIpc) is 3.24. The van der Waals surface area contributed by atoms with Gasteiger partial charge in [0.25, 0.3) is 0 Å². The second-order valence-corrected chi connectivity index (χ2v) is 9.76. The van der Waals surface area contributed by atoms with Crippen LogP contribution in [0.5, 0.6) is 0 Å². The van der Waals surface area contributed by atoms with Crippen LogP contribution in [-0.2, 0) is 31.4 Å². The number of fused-ring (bicyclic) bond motifs is 6. The predicted molar refractivity (Wildman–Crippen MR) is 124 cm³/mol. The van der Waals surface area contributed by atoms with E-state index in [1.54, 1.807) is 4.68 Å². The summed E-state index contributed by atoms with van der Waals surface area (Å²) in [5, 5.41) is 18.8. The summed E-state index contributed by atoms with van der Waals surface area (Å²) >= 11 is 0. The van der Waals surface area contributed by atoms with Gasteiger partial charge in [0.05, 0.1) is 29.3 Å². The lowest BCUT2D eigenvalue weighted by Gasteiger charge is -2.26. The Labute approximate surface area is 193 Å². The van der Waals surface area contributed by atoms with Crippen molar-refractivity contribution in [2.24, 2.45) is 7.05 Å². The monoisotopic (exact) mass is 443 g/mol. The highest BCUT2D eigenvalue weighted by atomic mass is 16.2. The van der Waals surface area contributed by atoms with Crippen molar-refractivity contribution < 1.29 is 4.79 Å². The summed E-state index contributed by atoms with van der Waals surface area (Å²) in [7, 11) is 1.91. The van der Waals surface area contributed by atoms with Gasteiger partial charge in [-0.05, 0) is 44.7 Å². The smallest absolute Gasteiger partial charge is 0.223 e. The van der Waals surface area contributed by atoms with Crippen molar-refractivity contribution in [2.75, 3.05) is 0 Å². The fourth-order valence-electron chi connectivity index (χ4n) is 5.03. The highest BCUT2D eigenvalue weighted by Crippen LogP contribution is 2.45. The van der Waals surface area contributed by atoms with E-state index in [0.717, 1.165) is 47.6 Å². The summed E-state index contributed by atoms with van der Waals surface area (Å²) < 4.78 is 3.85. The van der Waals surface area contributed by atoms with E-state index >= 15 is 0 Å². The molecule has 8 heteroatoms. The number of carbonyl (C=O) groups excluding carboxylic acids is 1. The first kappa shape index (κ1) is 20.3. The molecule has 0 atom stereocenters. The molecule has 1 fully saturated rings. The van der Waals surface area contributed by atoms with Gasteiger partial charge in [0.2, 0.25) is 5.91 Å². The van der Waals surface area contributed by atoms with Crippen molar-refractivity contribution in [3.05, 3.63) is 52.7 Å². The van der Waals surface area contributed by atoms with Gasteiger partial charge in [-0.15, -0.1) is 0 Å². The molecule has 8 nitrogen and oxygen atoms in total. The zero-order valence-corrected chi connectivity index (χ0v) is 19.5. The van der Waals surface area contributed by atoms with Crippen molar-refractivity contribution >= 4 is 11.5 Å². The number of hydrogen-bond acceptors (Lipinski definition) is 5. The zero-order valence-electron chi connectivity index (χ0n) is 19.5. The van der Waals surface area contributed by atoms with E-state index in [1.807, 2.05) is 22.8 Å². The normalized spacial score (nSPS) is 18.2. The molecule has 33 heavy (non-hydrogen) atoms. The summed E-state index contributed by atoms with van der Waals surface area (Å²) in [6.45, 7) is 5.32. The van der Waals surface area contributed by atoms with E-state index in [-0.39, 0.29) is 11.9 Å². The van der Waals surface area contributed by atoms with Gasteiger partial charge in [0.15, 0.2) is 0 Å². The molecular weight excluding hydrogens is 414 g/mol. The molecule has 1 saturated carbocycles. The predicted octanol–water partition coefficient (Wildman–Crippen LogP) is 3.47. The van der Waals surface area contributed by atoms with E-state index in [2.05, 4.69) is 42.4 Å². The number of nitrogens with zero attached hydrogens (tertiary/aromatic N) is 7. The zero-order chi connectivity index (χ0) is 22.7. The van der Waals surface area contributed by atoms with Crippen molar-refractivity contribution in [1.82, 2.24) is 34.7 Å². The molecule has 4 heterocycles. The van der Waals surface area contributed by atoms with Gasteiger partial charge in [0, 0.05) is 67.5 Å². The number of carbonyl (C=O) groups is 1. The highest BCUT2D eigenvalue weighted by molar-refractivity contribution is 5.86. The van der Waals surface area contributed by atoms with Crippen LogP contribution in [0.2, 0.25) is 0 Å². The largest absolute Gasteiger partial charge is 0.334 e. The maximum Gasteiger partial charge on any atom is 0.223 e. The van der Waals surface area contributed by atoms with Crippen molar-refractivity contribution in [2.45, 2.75) is 71.0 Å². The second-order valence-electron chi connectivity index (χ2n) is 9.76. The van der Waals surface area contributed by atoms with Crippen LogP contribution < -0.4 is 0 Å². The first-order valence-electron chi connectivity index (χ1n) is 11.9. The van der Waals surface area contributed by atoms with Crippen LogP contribution >= 0.6 is 0 Å². The molecular formula is C25H29N7O. The minimum Gasteiger partial charge on any atom is -0.334 e. The maximum absolute atomic E-state index is 13.2. The Hall–Kier alpha value is -3.29. The van der Waals surface area contributed by atoms with Gasteiger partial charge in [-0.1, -0.05) is 6.08 Å². The second kappa shape index (κ2) is 7.64. The first-order chi connectivity index (χ1) is 16.0. The minimum absolute atomic E-state index is 0.0847. The van der Waals surface area contributed by atoms with E-state index in [9.17, 15) is 4.79 Å². The molecule has 4 bridgehead atoms. The number of hydrogen-bond donors (Lipinski definition) is 0. The number of rotatable bonds is 2. The fourth-order valence-corrected chi connectivity index (χ4v) is 5.03. The SMILES string of the molecule is CC(C)N1Cc2nn(C)cc2-c2cc3c(nn2)CC=C3c2cn(nc2C2CC2)CCCC1=O. The minimum atomic E-state index is 0.0847. The van der Waals surface area contributed by atoms with Crippen LogP contribution in [0.4, 0.5) is 0 Å². The summed E-state index contributed by atoms with van der Waals surface area (Å²) in [5.41, 5.74) is 8.37. The van der Waals surface area contributed by atoms with Gasteiger partial charge < -0.3 is 4.90 Å². The van der Waals surface area contributed by atoms with E-state index < -0.39 is 0 Å². The van der Waals surface area contributed by atoms with Crippen molar-refractivity contribution in [1.29, 1.82) is 0 Å². The number of aromatic nitrogens is 6. The molecule has 0 aromatic carbocycles. The van der Waals surface area contributed by atoms with Crippen LogP contribution in [0.3, 0.4) is 0 Å². The Morgan fingerprint density at radius 2 is 1.88 bits per heavy atom. The van der Waals surface area contributed by atoms with Crippen LogP contribution in [0.25, 0.3) is 16.8 Å². The fraction of sp³-hybridized carbons (Fsp3) is 0.480. The molecule has 0 N–H and O–H groups in total. The lowest BCUT2D eigenvalue weighted by Crippen LogP contribution is -2.36. The molecule has 0 radical (unpaired) electrons. The van der Waals surface area contributed by atoms with Crippen molar-refractivity contribution in [3.8, 4) is 11.3 Å². The van der Waals surface area contributed by atoms with Crippen LogP contribution in [-0.4, -0.2) is 46.6 Å². The summed E-state index contributed by atoms with van der Waals surface area (Å²) in [5.74, 6) is 0.692. The molecule has 0 spiro atoms. The molecule has 3 aromatic heterocycles. The van der Waals surface area contributed by atoms with Gasteiger partial charge in [0.1, 0.15) is 0 Å². The number of aryl methyl sites for hydroxylation is 2. The molecule has 170 valence electrons. The topological polar surface area (TPSA) is 81.7 Å². The Morgan fingerprint density at radius 3 is 2.67 bits per heavy atom. The van der Waals surface area contributed by atoms with Crippen molar-refractivity contribution in [3.63, 3.8) is 0 Å². The number of allylic oxidation sites excluding steroid dienone is 1. The third kappa shape index (κ3) is 3.57.